The molecule has 1 aliphatic heterocycles. The van der Waals surface area contributed by atoms with Crippen molar-refractivity contribution in [2.24, 2.45) is 0 Å². The van der Waals surface area contributed by atoms with Gasteiger partial charge >= 0.3 is 6.03 Å². The molecular formula is C24H28N4O3S. The number of amides is 1. The lowest BCUT2D eigenvalue weighted by atomic mass is 10.0. The van der Waals surface area contributed by atoms with Crippen molar-refractivity contribution in [2.45, 2.75) is 30.3 Å². The number of aromatic nitrogens is 2. The molecular weight excluding hydrogens is 424 g/mol. The summed E-state index contributed by atoms with van der Waals surface area (Å²) in [5.41, 5.74) is 2.70. The highest BCUT2D eigenvalue weighted by Gasteiger charge is 2.26. The number of hydrogen-bond acceptors (Lipinski definition) is 5. The van der Waals surface area contributed by atoms with E-state index < -0.39 is 9.84 Å². The van der Waals surface area contributed by atoms with Crippen molar-refractivity contribution in [3.05, 3.63) is 72.7 Å². The maximum Gasteiger partial charge on any atom is 0.329 e. The fraction of sp³-hybridized carbons (Fsp3) is 0.333. The van der Waals surface area contributed by atoms with Crippen LogP contribution in [0.2, 0.25) is 0 Å². The predicted octanol–water partition coefficient (Wildman–Crippen LogP) is 3.52. The van der Waals surface area contributed by atoms with Crippen LogP contribution in [0.1, 0.15) is 18.4 Å². The van der Waals surface area contributed by atoms with Gasteiger partial charge in [0.1, 0.15) is 6.33 Å². The van der Waals surface area contributed by atoms with Gasteiger partial charge in [0.2, 0.25) is 0 Å². The Kier molecular flexibility index (Phi) is 6.43. The largest absolute Gasteiger partial charge is 0.329 e. The zero-order valence-corrected chi connectivity index (χ0v) is 19.2. The minimum absolute atomic E-state index is 0.113. The van der Waals surface area contributed by atoms with Gasteiger partial charge in [-0.1, -0.05) is 42.5 Å². The van der Waals surface area contributed by atoms with Gasteiger partial charge in [-0.05, 0) is 30.5 Å². The molecule has 1 amide bonds. The van der Waals surface area contributed by atoms with Crippen LogP contribution >= 0.6 is 0 Å². The van der Waals surface area contributed by atoms with Gasteiger partial charge in [0.05, 0.1) is 10.6 Å². The number of carbonyl (C=O) groups excluding carboxylic acids is 1. The molecule has 1 fully saturated rings. The van der Waals surface area contributed by atoms with Crippen molar-refractivity contribution >= 4 is 15.9 Å². The van der Waals surface area contributed by atoms with Gasteiger partial charge in [-0.2, -0.15) is 0 Å². The first-order valence-electron chi connectivity index (χ1n) is 10.7. The second-order valence-electron chi connectivity index (χ2n) is 8.35. The van der Waals surface area contributed by atoms with E-state index in [9.17, 15) is 13.2 Å². The Morgan fingerprint density at radius 1 is 1.06 bits per heavy atom. The van der Waals surface area contributed by atoms with Crippen molar-refractivity contribution in [2.75, 3.05) is 26.4 Å². The molecule has 168 valence electrons. The fourth-order valence-corrected chi connectivity index (χ4v) is 4.72. The lowest BCUT2D eigenvalue weighted by Crippen LogP contribution is -2.46. The third-order valence-electron chi connectivity index (χ3n) is 6.04. The average Bonchev–Trinajstić information content (AvgIpc) is 3.29. The molecule has 0 atom stereocenters. The van der Waals surface area contributed by atoms with Crippen LogP contribution in [0, 0.1) is 0 Å². The second kappa shape index (κ2) is 9.26. The summed E-state index contributed by atoms with van der Waals surface area (Å²) >= 11 is 0. The van der Waals surface area contributed by atoms with Gasteiger partial charge in [0, 0.05) is 50.7 Å². The number of likely N-dealkylation sites (tertiary alicyclic amines) is 1. The normalized spacial score (nSPS) is 15.6. The summed E-state index contributed by atoms with van der Waals surface area (Å²) in [6.07, 6.45) is 6.26. The highest BCUT2D eigenvalue weighted by atomic mass is 32.2. The van der Waals surface area contributed by atoms with Gasteiger partial charge in [0.15, 0.2) is 9.84 Å². The number of carbonyl (C=O) groups is 1. The Morgan fingerprint density at radius 2 is 1.72 bits per heavy atom. The molecule has 0 N–H and O–H groups in total. The summed E-state index contributed by atoms with van der Waals surface area (Å²) in [5, 5.41) is 0. The third kappa shape index (κ3) is 5.08. The molecule has 0 bridgehead atoms. The number of nitrogens with zero attached hydrogens (tertiary/aromatic N) is 4. The van der Waals surface area contributed by atoms with Crippen molar-refractivity contribution in [3.63, 3.8) is 0 Å². The number of rotatable bonds is 5. The van der Waals surface area contributed by atoms with E-state index >= 15 is 0 Å². The number of piperidine rings is 1. The number of benzene rings is 2. The molecule has 7 nitrogen and oxygen atoms in total. The summed E-state index contributed by atoms with van der Waals surface area (Å²) in [6, 6.07) is 17.1. The molecule has 1 saturated heterocycles. The Bertz CT molecular complexity index is 1170. The van der Waals surface area contributed by atoms with E-state index in [1.807, 2.05) is 13.1 Å². The predicted molar refractivity (Wildman–Crippen MR) is 124 cm³/mol. The molecule has 0 unspecified atom stereocenters. The average molecular weight is 453 g/mol. The monoisotopic (exact) mass is 452 g/mol. The van der Waals surface area contributed by atoms with Gasteiger partial charge in [0.25, 0.3) is 0 Å². The Balaban J connectivity index is 1.36. The summed E-state index contributed by atoms with van der Waals surface area (Å²) in [4.78, 5) is 21.8. The van der Waals surface area contributed by atoms with Gasteiger partial charge < -0.3 is 4.90 Å². The molecule has 2 aromatic carbocycles. The number of sulfone groups is 1. The molecule has 3 aromatic rings. The SMILES string of the molecule is CN(C(=O)n1cnc(-c2ccc(S(C)(=O)=O)cc2)c1)C1CCN(Cc2ccccc2)CC1. The molecule has 8 heteroatoms. The van der Waals surface area contributed by atoms with Crippen molar-refractivity contribution in [1.82, 2.24) is 19.4 Å². The summed E-state index contributed by atoms with van der Waals surface area (Å²) in [7, 11) is -1.40. The Hall–Kier alpha value is -2.97. The van der Waals surface area contributed by atoms with Crippen LogP contribution in [0.3, 0.4) is 0 Å². The molecule has 32 heavy (non-hydrogen) atoms. The molecule has 0 spiro atoms. The van der Waals surface area contributed by atoms with Gasteiger partial charge in [-0.3, -0.25) is 9.47 Å². The molecule has 0 radical (unpaired) electrons. The van der Waals surface area contributed by atoms with Crippen LogP contribution in [-0.2, 0) is 16.4 Å². The lowest BCUT2D eigenvalue weighted by Gasteiger charge is -2.36. The molecule has 1 aliphatic rings. The minimum atomic E-state index is -3.25. The Labute approximate surface area is 189 Å². The van der Waals surface area contributed by atoms with Gasteiger partial charge in [-0.15, -0.1) is 0 Å². The molecule has 4 rings (SSSR count). The van der Waals surface area contributed by atoms with Crippen LogP contribution in [-0.4, -0.2) is 66.2 Å². The first-order valence-corrected chi connectivity index (χ1v) is 12.6. The molecule has 0 aliphatic carbocycles. The highest BCUT2D eigenvalue weighted by Crippen LogP contribution is 2.22. The third-order valence-corrected chi connectivity index (χ3v) is 7.17. The minimum Gasteiger partial charge on any atom is -0.324 e. The van der Waals surface area contributed by atoms with Crippen molar-refractivity contribution in [1.29, 1.82) is 0 Å². The van der Waals surface area contributed by atoms with Crippen LogP contribution in [0.25, 0.3) is 11.3 Å². The topological polar surface area (TPSA) is 75.5 Å². The van der Waals surface area contributed by atoms with E-state index in [-0.39, 0.29) is 17.0 Å². The van der Waals surface area contributed by atoms with Crippen molar-refractivity contribution < 1.29 is 13.2 Å². The maximum atomic E-state index is 13.0. The van der Waals surface area contributed by atoms with E-state index in [0.29, 0.717) is 5.69 Å². The van der Waals surface area contributed by atoms with Crippen LogP contribution in [0.15, 0.2) is 72.0 Å². The highest BCUT2D eigenvalue weighted by molar-refractivity contribution is 7.90. The standard InChI is InChI=1S/C24H28N4O3S/c1-26(21-12-14-27(15-13-21)16-19-6-4-3-5-7-19)24(29)28-17-23(25-18-28)20-8-10-22(11-9-20)32(2,30)31/h3-11,17-18,21H,12-16H2,1-2H3. The lowest BCUT2D eigenvalue weighted by molar-refractivity contribution is 0.132. The van der Waals surface area contributed by atoms with Crippen LogP contribution in [0.5, 0.6) is 0 Å². The molecule has 1 aromatic heterocycles. The zero-order chi connectivity index (χ0) is 22.7. The summed E-state index contributed by atoms with van der Waals surface area (Å²) in [6.45, 7) is 2.85. The van der Waals surface area contributed by atoms with E-state index in [0.717, 1.165) is 38.0 Å². The zero-order valence-electron chi connectivity index (χ0n) is 18.4. The fourth-order valence-electron chi connectivity index (χ4n) is 4.09. The van der Waals surface area contributed by atoms with Crippen LogP contribution in [0.4, 0.5) is 4.79 Å². The number of hydrogen-bond donors (Lipinski definition) is 0. The summed E-state index contributed by atoms with van der Waals surface area (Å²) in [5.74, 6) is 0. The smallest absolute Gasteiger partial charge is 0.324 e. The quantitative estimate of drug-likeness (QED) is 0.592. The van der Waals surface area contributed by atoms with Crippen LogP contribution < -0.4 is 0 Å². The van der Waals surface area contributed by atoms with Gasteiger partial charge in [-0.25, -0.2) is 18.2 Å². The molecule has 2 heterocycles. The first-order chi connectivity index (χ1) is 15.3. The van der Waals surface area contributed by atoms with E-state index in [1.165, 1.54) is 22.7 Å². The maximum absolute atomic E-state index is 13.0. The van der Waals surface area contributed by atoms with E-state index in [2.05, 4.69) is 34.1 Å². The number of imidazole rings is 1. The summed E-state index contributed by atoms with van der Waals surface area (Å²) < 4.78 is 24.8. The first kappa shape index (κ1) is 22.2. The van der Waals surface area contributed by atoms with Crippen molar-refractivity contribution in [3.8, 4) is 11.3 Å². The van der Waals surface area contributed by atoms with E-state index in [4.69, 9.17) is 0 Å². The molecule has 0 saturated carbocycles. The second-order valence-corrected chi connectivity index (χ2v) is 10.4. The Morgan fingerprint density at radius 3 is 2.34 bits per heavy atom. The van der Waals surface area contributed by atoms with E-state index in [1.54, 1.807) is 35.4 Å².